The van der Waals surface area contributed by atoms with E-state index in [9.17, 15) is 9.59 Å². The Hall–Kier alpha value is -2.69. The number of nitrogens with zero attached hydrogens (tertiary/aromatic N) is 1. The van der Waals surface area contributed by atoms with E-state index >= 15 is 0 Å². The number of carbonyl (C=O) groups excluding carboxylic acids is 1. The standard InChI is InChI=1S/C16H16N2O3/c1-2-3-7-14(16(20)21)18-15(19)13-10-9-11-6-4-5-8-12(11)17-13/h2,4-6,8-10,14H,1,3,7H2,(H,18,19)(H,20,21)/t14-/m0/s1. The molecule has 1 aromatic heterocycles. The van der Waals surface area contributed by atoms with Gasteiger partial charge in [-0.15, -0.1) is 6.58 Å². The van der Waals surface area contributed by atoms with Crippen molar-refractivity contribution in [3.63, 3.8) is 0 Å². The lowest BCUT2D eigenvalue weighted by molar-refractivity contribution is -0.139. The van der Waals surface area contributed by atoms with Gasteiger partial charge in [-0.2, -0.15) is 0 Å². The largest absolute Gasteiger partial charge is 0.480 e. The molecule has 108 valence electrons. The molecule has 5 nitrogen and oxygen atoms in total. The molecule has 0 spiro atoms. The number of hydrogen-bond acceptors (Lipinski definition) is 3. The van der Waals surface area contributed by atoms with Crippen molar-refractivity contribution in [3.8, 4) is 0 Å². The van der Waals surface area contributed by atoms with Crippen molar-refractivity contribution in [2.45, 2.75) is 18.9 Å². The van der Waals surface area contributed by atoms with Crippen LogP contribution in [0.3, 0.4) is 0 Å². The molecule has 0 bridgehead atoms. The summed E-state index contributed by atoms with van der Waals surface area (Å²) in [5, 5.41) is 12.5. The Morgan fingerprint density at radius 2 is 2.05 bits per heavy atom. The van der Waals surface area contributed by atoms with Gasteiger partial charge < -0.3 is 10.4 Å². The highest BCUT2D eigenvalue weighted by Gasteiger charge is 2.20. The predicted octanol–water partition coefficient (Wildman–Crippen LogP) is 2.38. The van der Waals surface area contributed by atoms with E-state index in [0.29, 0.717) is 18.4 Å². The highest BCUT2D eigenvalue weighted by Crippen LogP contribution is 2.12. The number of carbonyl (C=O) groups is 2. The van der Waals surface area contributed by atoms with Gasteiger partial charge in [0.25, 0.3) is 5.91 Å². The average Bonchev–Trinajstić information content (AvgIpc) is 2.50. The minimum atomic E-state index is -1.06. The minimum absolute atomic E-state index is 0.207. The number of aromatic nitrogens is 1. The van der Waals surface area contributed by atoms with Gasteiger partial charge in [0.05, 0.1) is 5.52 Å². The maximum atomic E-state index is 12.1. The second kappa shape index (κ2) is 6.65. The summed E-state index contributed by atoms with van der Waals surface area (Å²) in [6.45, 7) is 3.55. The number of fused-ring (bicyclic) bond motifs is 1. The molecule has 2 aromatic rings. The first kappa shape index (κ1) is 14.7. The molecule has 1 amide bonds. The predicted molar refractivity (Wildman–Crippen MR) is 80.1 cm³/mol. The summed E-state index contributed by atoms with van der Waals surface area (Å²) in [6, 6.07) is 9.86. The topological polar surface area (TPSA) is 79.3 Å². The van der Waals surface area contributed by atoms with Crippen LogP contribution in [0.2, 0.25) is 0 Å². The van der Waals surface area contributed by atoms with Gasteiger partial charge in [-0.3, -0.25) is 4.79 Å². The molecule has 0 aliphatic rings. The second-order valence-corrected chi connectivity index (χ2v) is 4.62. The van der Waals surface area contributed by atoms with Crippen molar-refractivity contribution in [1.82, 2.24) is 10.3 Å². The molecule has 0 saturated heterocycles. The van der Waals surface area contributed by atoms with Gasteiger partial charge in [0.1, 0.15) is 11.7 Å². The van der Waals surface area contributed by atoms with Gasteiger partial charge in [-0.1, -0.05) is 30.3 Å². The smallest absolute Gasteiger partial charge is 0.326 e. The van der Waals surface area contributed by atoms with Crippen LogP contribution >= 0.6 is 0 Å². The maximum Gasteiger partial charge on any atom is 0.326 e. The first-order chi connectivity index (χ1) is 10.1. The number of amides is 1. The van der Waals surface area contributed by atoms with Crippen LogP contribution in [0.4, 0.5) is 0 Å². The van der Waals surface area contributed by atoms with Gasteiger partial charge in [0.15, 0.2) is 0 Å². The monoisotopic (exact) mass is 284 g/mol. The van der Waals surface area contributed by atoms with Crippen LogP contribution in [0.1, 0.15) is 23.3 Å². The Morgan fingerprint density at radius 1 is 1.29 bits per heavy atom. The van der Waals surface area contributed by atoms with Gasteiger partial charge in [0.2, 0.25) is 0 Å². The fourth-order valence-electron chi connectivity index (χ4n) is 1.97. The molecule has 0 saturated carbocycles. The fraction of sp³-hybridized carbons (Fsp3) is 0.188. The summed E-state index contributed by atoms with van der Waals surface area (Å²) in [4.78, 5) is 27.5. The summed E-state index contributed by atoms with van der Waals surface area (Å²) >= 11 is 0. The lowest BCUT2D eigenvalue weighted by Crippen LogP contribution is -2.41. The average molecular weight is 284 g/mol. The number of carboxylic acids is 1. The highest BCUT2D eigenvalue weighted by molar-refractivity contribution is 5.96. The molecule has 0 fully saturated rings. The molecule has 2 rings (SSSR count). The maximum absolute atomic E-state index is 12.1. The number of pyridine rings is 1. The van der Waals surface area contributed by atoms with Crippen LogP contribution in [0.15, 0.2) is 49.1 Å². The number of aliphatic carboxylic acids is 1. The van der Waals surface area contributed by atoms with E-state index in [1.807, 2.05) is 18.2 Å². The molecule has 21 heavy (non-hydrogen) atoms. The number of nitrogens with one attached hydrogen (secondary N) is 1. The van der Waals surface area contributed by atoms with Gasteiger partial charge in [-0.25, -0.2) is 9.78 Å². The molecule has 5 heteroatoms. The SMILES string of the molecule is C=CCC[C@H](NC(=O)c1ccc2ccccc2n1)C(=O)O. The molecule has 0 unspecified atom stereocenters. The van der Waals surface area contributed by atoms with E-state index in [-0.39, 0.29) is 5.69 Å². The first-order valence-electron chi connectivity index (χ1n) is 6.62. The van der Waals surface area contributed by atoms with Crippen molar-refractivity contribution < 1.29 is 14.7 Å². The zero-order valence-electron chi connectivity index (χ0n) is 11.5. The number of carboxylic acid groups (broad SMARTS) is 1. The number of benzene rings is 1. The van der Waals surface area contributed by atoms with Gasteiger partial charge in [-0.05, 0) is 25.0 Å². The van der Waals surface area contributed by atoms with Crippen molar-refractivity contribution >= 4 is 22.8 Å². The number of para-hydroxylation sites is 1. The van der Waals surface area contributed by atoms with Crippen LogP contribution in [-0.2, 0) is 4.79 Å². The quantitative estimate of drug-likeness (QED) is 0.798. The highest BCUT2D eigenvalue weighted by atomic mass is 16.4. The third kappa shape index (κ3) is 3.66. The van der Waals surface area contributed by atoms with Crippen LogP contribution < -0.4 is 5.32 Å². The molecular formula is C16H16N2O3. The van der Waals surface area contributed by atoms with Gasteiger partial charge in [0, 0.05) is 5.39 Å². The Balaban J connectivity index is 2.16. The number of allylic oxidation sites excluding steroid dienone is 1. The zero-order valence-corrected chi connectivity index (χ0v) is 11.5. The van der Waals surface area contributed by atoms with Crippen molar-refractivity contribution in [2.24, 2.45) is 0 Å². The van der Waals surface area contributed by atoms with Gasteiger partial charge >= 0.3 is 5.97 Å². The molecule has 1 atom stereocenters. The van der Waals surface area contributed by atoms with E-state index in [0.717, 1.165) is 5.39 Å². The Bertz CT molecular complexity index is 682. The number of rotatable bonds is 6. The summed E-state index contributed by atoms with van der Waals surface area (Å²) in [5.74, 6) is -1.55. The molecule has 0 radical (unpaired) electrons. The lowest BCUT2D eigenvalue weighted by Gasteiger charge is -2.13. The first-order valence-corrected chi connectivity index (χ1v) is 6.62. The van der Waals surface area contributed by atoms with Crippen molar-refractivity contribution in [1.29, 1.82) is 0 Å². The summed E-state index contributed by atoms with van der Waals surface area (Å²) in [6.07, 6.45) is 2.44. The van der Waals surface area contributed by atoms with E-state index in [1.165, 1.54) is 0 Å². The minimum Gasteiger partial charge on any atom is -0.480 e. The van der Waals surface area contributed by atoms with Crippen molar-refractivity contribution in [2.75, 3.05) is 0 Å². The third-order valence-electron chi connectivity index (χ3n) is 3.09. The molecular weight excluding hydrogens is 268 g/mol. The van der Waals surface area contributed by atoms with E-state index in [2.05, 4.69) is 16.9 Å². The van der Waals surface area contributed by atoms with E-state index in [4.69, 9.17) is 5.11 Å². The zero-order chi connectivity index (χ0) is 15.2. The normalized spacial score (nSPS) is 11.8. The third-order valence-corrected chi connectivity index (χ3v) is 3.09. The molecule has 1 heterocycles. The van der Waals surface area contributed by atoms with E-state index in [1.54, 1.807) is 24.3 Å². The molecule has 1 aromatic carbocycles. The van der Waals surface area contributed by atoms with Crippen LogP contribution in [0.5, 0.6) is 0 Å². The lowest BCUT2D eigenvalue weighted by atomic mass is 10.1. The summed E-state index contributed by atoms with van der Waals surface area (Å²) in [7, 11) is 0. The Labute approximate surface area is 122 Å². The summed E-state index contributed by atoms with van der Waals surface area (Å²) in [5.41, 5.74) is 0.904. The van der Waals surface area contributed by atoms with Crippen LogP contribution in [-0.4, -0.2) is 28.0 Å². The van der Waals surface area contributed by atoms with Crippen molar-refractivity contribution in [3.05, 3.63) is 54.7 Å². The molecule has 2 N–H and O–H groups in total. The Morgan fingerprint density at radius 3 is 2.76 bits per heavy atom. The van der Waals surface area contributed by atoms with Crippen LogP contribution in [0, 0.1) is 0 Å². The Kier molecular flexibility index (Phi) is 4.66. The second-order valence-electron chi connectivity index (χ2n) is 4.62. The molecule has 0 aliphatic carbocycles. The van der Waals surface area contributed by atoms with E-state index < -0.39 is 17.9 Å². The number of hydrogen-bond donors (Lipinski definition) is 2. The molecule has 0 aliphatic heterocycles. The van der Waals surface area contributed by atoms with Crippen LogP contribution in [0.25, 0.3) is 10.9 Å². The fourth-order valence-corrected chi connectivity index (χ4v) is 1.97. The summed E-state index contributed by atoms with van der Waals surface area (Å²) < 4.78 is 0.